The number of rotatable bonds is 3. The zero-order chi connectivity index (χ0) is 13.0. The van der Waals surface area contributed by atoms with E-state index in [9.17, 15) is 5.11 Å². The van der Waals surface area contributed by atoms with E-state index in [1.807, 2.05) is 13.8 Å². The fourth-order valence-electron chi connectivity index (χ4n) is 1.30. The molecule has 0 aromatic heterocycles. The van der Waals surface area contributed by atoms with Crippen LogP contribution in [0.5, 0.6) is 0 Å². The summed E-state index contributed by atoms with van der Waals surface area (Å²) in [5.74, 6) is 6.10. The molecule has 0 saturated carbocycles. The molecule has 0 aliphatic heterocycles. The maximum atomic E-state index is 9.93. The quantitative estimate of drug-likeness (QED) is 0.569. The van der Waals surface area contributed by atoms with Crippen LogP contribution in [-0.4, -0.2) is 10.7 Å². The predicted octanol–water partition coefficient (Wildman–Crippen LogP) is 3.78. The SMILES string of the molecule is C=C(CC#CC(C)(O)C(C)C)CC(C)(C)C. The Bertz CT molecular complexity index is 292. The van der Waals surface area contributed by atoms with Crippen LogP contribution in [0.4, 0.5) is 0 Å². The number of aliphatic hydroxyl groups is 1. The van der Waals surface area contributed by atoms with E-state index in [2.05, 4.69) is 39.2 Å². The summed E-state index contributed by atoms with van der Waals surface area (Å²) in [7, 11) is 0. The van der Waals surface area contributed by atoms with Crippen LogP contribution >= 0.6 is 0 Å². The van der Waals surface area contributed by atoms with Crippen molar-refractivity contribution in [3.8, 4) is 11.8 Å². The number of hydrogen-bond acceptors (Lipinski definition) is 1. The monoisotopic (exact) mass is 222 g/mol. The minimum absolute atomic E-state index is 0.149. The Labute approximate surface area is 101 Å². The summed E-state index contributed by atoms with van der Waals surface area (Å²) in [4.78, 5) is 0. The first-order valence-electron chi connectivity index (χ1n) is 5.93. The molecular weight excluding hydrogens is 196 g/mol. The molecule has 1 N–H and O–H groups in total. The molecule has 0 aromatic carbocycles. The van der Waals surface area contributed by atoms with Gasteiger partial charge in [-0.15, -0.1) is 0 Å². The highest BCUT2D eigenvalue weighted by molar-refractivity contribution is 5.18. The molecule has 0 radical (unpaired) electrons. The molecule has 0 aliphatic carbocycles. The van der Waals surface area contributed by atoms with Gasteiger partial charge in [-0.2, -0.15) is 0 Å². The maximum Gasteiger partial charge on any atom is 0.125 e. The van der Waals surface area contributed by atoms with Crippen LogP contribution in [0.2, 0.25) is 0 Å². The molecule has 0 saturated heterocycles. The second-order valence-corrected chi connectivity index (χ2v) is 6.27. The Kier molecular flexibility index (Phi) is 5.29. The Morgan fingerprint density at radius 1 is 1.25 bits per heavy atom. The lowest BCUT2D eigenvalue weighted by molar-refractivity contribution is 0.0726. The molecule has 0 aliphatic rings. The van der Waals surface area contributed by atoms with Gasteiger partial charge in [-0.25, -0.2) is 0 Å². The highest BCUT2D eigenvalue weighted by atomic mass is 16.3. The van der Waals surface area contributed by atoms with E-state index in [1.165, 1.54) is 0 Å². The van der Waals surface area contributed by atoms with E-state index in [0.717, 1.165) is 12.0 Å². The summed E-state index contributed by atoms with van der Waals surface area (Å²) < 4.78 is 0. The molecule has 0 rings (SSSR count). The first kappa shape index (κ1) is 15.3. The zero-order valence-corrected chi connectivity index (χ0v) is 11.6. The molecule has 0 aromatic rings. The van der Waals surface area contributed by atoms with Gasteiger partial charge in [0.05, 0.1) is 0 Å². The second-order valence-electron chi connectivity index (χ2n) is 6.27. The lowest BCUT2D eigenvalue weighted by atomic mass is 9.87. The van der Waals surface area contributed by atoms with Gasteiger partial charge in [0, 0.05) is 6.42 Å². The molecule has 92 valence electrons. The van der Waals surface area contributed by atoms with Crippen molar-refractivity contribution in [3.63, 3.8) is 0 Å². The van der Waals surface area contributed by atoms with Crippen LogP contribution in [-0.2, 0) is 0 Å². The summed E-state index contributed by atoms with van der Waals surface area (Å²) in [6, 6.07) is 0. The molecule has 1 nitrogen and oxygen atoms in total. The number of allylic oxidation sites excluding steroid dienone is 1. The Hall–Kier alpha value is -0.740. The van der Waals surface area contributed by atoms with Gasteiger partial charge in [-0.3, -0.25) is 0 Å². The van der Waals surface area contributed by atoms with Gasteiger partial charge in [-0.05, 0) is 24.7 Å². The summed E-state index contributed by atoms with van der Waals surface area (Å²) in [6.45, 7) is 16.3. The van der Waals surface area contributed by atoms with Gasteiger partial charge in [-0.1, -0.05) is 58.6 Å². The molecule has 0 fully saturated rings. The van der Waals surface area contributed by atoms with Crippen molar-refractivity contribution >= 4 is 0 Å². The third-order valence-corrected chi connectivity index (χ3v) is 2.58. The molecule has 1 atom stereocenters. The highest BCUT2D eigenvalue weighted by Gasteiger charge is 2.21. The van der Waals surface area contributed by atoms with Crippen LogP contribution in [0.15, 0.2) is 12.2 Å². The van der Waals surface area contributed by atoms with Crippen molar-refractivity contribution in [1.82, 2.24) is 0 Å². The first-order valence-corrected chi connectivity index (χ1v) is 5.93. The van der Waals surface area contributed by atoms with Crippen LogP contribution in [0.25, 0.3) is 0 Å². The van der Waals surface area contributed by atoms with E-state index in [-0.39, 0.29) is 11.3 Å². The summed E-state index contributed by atoms with van der Waals surface area (Å²) in [5, 5.41) is 9.93. The van der Waals surface area contributed by atoms with Crippen LogP contribution in [0, 0.1) is 23.2 Å². The van der Waals surface area contributed by atoms with Crippen LogP contribution < -0.4 is 0 Å². The molecule has 0 spiro atoms. The van der Waals surface area contributed by atoms with E-state index >= 15 is 0 Å². The zero-order valence-electron chi connectivity index (χ0n) is 11.6. The molecule has 0 amide bonds. The topological polar surface area (TPSA) is 20.2 Å². The summed E-state index contributed by atoms with van der Waals surface area (Å²) >= 11 is 0. The van der Waals surface area contributed by atoms with Crippen molar-refractivity contribution in [3.05, 3.63) is 12.2 Å². The van der Waals surface area contributed by atoms with Crippen molar-refractivity contribution in [2.45, 2.75) is 60.0 Å². The Balaban J connectivity index is 4.27. The lowest BCUT2D eigenvalue weighted by Crippen LogP contribution is -2.28. The Morgan fingerprint density at radius 2 is 1.75 bits per heavy atom. The van der Waals surface area contributed by atoms with Crippen molar-refractivity contribution < 1.29 is 5.11 Å². The van der Waals surface area contributed by atoms with Gasteiger partial charge in [0.15, 0.2) is 0 Å². The van der Waals surface area contributed by atoms with Gasteiger partial charge in [0.25, 0.3) is 0 Å². The summed E-state index contributed by atoms with van der Waals surface area (Å²) in [5.41, 5.74) is 0.515. The number of hydrogen-bond donors (Lipinski definition) is 1. The largest absolute Gasteiger partial charge is 0.378 e. The first-order chi connectivity index (χ1) is 7.04. The van der Waals surface area contributed by atoms with Crippen molar-refractivity contribution in [1.29, 1.82) is 0 Å². The van der Waals surface area contributed by atoms with Gasteiger partial charge < -0.3 is 5.11 Å². The van der Waals surface area contributed by atoms with Gasteiger partial charge >= 0.3 is 0 Å². The van der Waals surface area contributed by atoms with Gasteiger partial charge in [0.1, 0.15) is 5.60 Å². The van der Waals surface area contributed by atoms with E-state index in [0.29, 0.717) is 6.42 Å². The molecule has 0 heterocycles. The minimum atomic E-state index is -0.887. The molecule has 1 heteroatoms. The standard InChI is InChI=1S/C15H26O/c1-12(2)15(7,16)10-8-9-13(3)11-14(4,5)6/h12,16H,3,9,11H2,1-2,4-7H3. The van der Waals surface area contributed by atoms with Gasteiger partial charge in [0.2, 0.25) is 0 Å². The fourth-order valence-corrected chi connectivity index (χ4v) is 1.30. The predicted molar refractivity (Wildman–Crippen MR) is 71.1 cm³/mol. The normalized spacial score (nSPS) is 15.2. The fraction of sp³-hybridized carbons (Fsp3) is 0.733. The molecule has 16 heavy (non-hydrogen) atoms. The molecule has 0 bridgehead atoms. The van der Waals surface area contributed by atoms with Crippen LogP contribution in [0.3, 0.4) is 0 Å². The third-order valence-electron chi connectivity index (χ3n) is 2.58. The van der Waals surface area contributed by atoms with E-state index < -0.39 is 5.60 Å². The lowest BCUT2D eigenvalue weighted by Gasteiger charge is -2.21. The van der Waals surface area contributed by atoms with Crippen LogP contribution in [0.1, 0.15) is 54.4 Å². The average molecular weight is 222 g/mol. The molecular formula is C15H26O. The second kappa shape index (κ2) is 5.55. The minimum Gasteiger partial charge on any atom is -0.378 e. The Morgan fingerprint density at radius 3 is 2.12 bits per heavy atom. The van der Waals surface area contributed by atoms with E-state index in [4.69, 9.17) is 0 Å². The average Bonchev–Trinajstić information content (AvgIpc) is 1.99. The molecule has 1 unspecified atom stereocenters. The highest BCUT2D eigenvalue weighted by Crippen LogP contribution is 2.24. The summed E-state index contributed by atoms with van der Waals surface area (Å²) in [6.07, 6.45) is 1.66. The van der Waals surface area contributed by atoms with Crippen molar-refractivity contribution in [2.24, 2.45) is 11.3 Å². The van der Waals surface area contributed by atoms with E-state index in [1.54, 1.807) is 6.92 Å². The maximum absolute atomic E-state index is 9.93. The third kappa shape index (κ3) is 6.69. The smallest absolute Gasteiger partial charge is 0.125 e. The van der Waals surface area contributed by atoms with Crippen molar-refractivity contribution in [2.75, 3.05) is 0 Å².